The third kappa shape index (κ3) is 6.13. The highest BCUT2D eigenvalue weighted by atomic mass is 19.1. The second-order valence-corrected chi connectivity index (χ2v) is 11.5. The Hall–Kier alpha value is -1.94. The summed E-state index contributed by atoms with van der Waals surface area (Å²) in [4.78, 5) is 0. The Morgan fingerprint density at radius 1 is 0.806 bits per heavy atom. The number of hydrogen-bond donors (Lipinski definition) is 0. The van der Waals surface area contributed by atoms with Gasteiger partial charge >= 0.3 is 0 Å². The molecule has 0 aromatic heterocycles. The molecule has 1 heterocycles. The summed E-state index contributed by atoms with van der Waals surface area (Å²) in [7, 11) is 0. The molecule has 196 valence electrons. The van der Waals surface area contributed by atoms with Gasteiger partial charge in [-0.1, -0.05) is 44.7 Å². The van der Waals surface area contributed by atoms with Gasteiger partial charge in [-0.3, -0.25) is 0 Å². The van der Waals surface area contributed by atoms with E-state index < -0.39 is 11.6 Å². The SMILES string of the molecule is CCCC1CCC(C2CCC(c3cc(F)c(-c4ccc(OC5CCCCO5)cc4)c(F)c3)CC2)CC1. The third-order valence-corrected chi connectivity index (χ3v) is 9.11. The molecular formula is C32H42F2O2. The van der Waals surface area contributed by atoms with Crippen molar-refractivity contribution in [3.05, 3.63) is 53.6 Å². The van der Waals surface area contributed by atoms with E-state index in [0.717, 1.165) is 55.4 Å². The van der Waals surface area contributed by atoms with Crippen LogP contribution in [-0.4, -0.2) is 12.9 Å². The van der Waals surface area contributed by atoms with Crippen molar-refractivity contribution in [3.63, 3.8) is 0 Å². The molecular weight excluding hydrogens is 454 g/mol. The predicted octanol–water partition coefficient (Wildman–Crippen LogP) is 9.42. The normalized spacial score (nSPS) is 29.1. The van der Waals surface area contributed by atoms with E-state index in [1.807, 2.05) is 0 Å². The first-order valence-electron chi connectivity index (χ1n) is 14.5. The molecule has 1 aliphatic heterocycles. The molecule has 1 atom stereocenters. The first-order valence-corrected chi connectivity index (χ1v) is 14.5. The molecule has 5 rings (SSSR count). The number of ether oxygens (including phenoxy) is 2. The lowest BCUT2D eigenvalue weighted by molar-refractivity contribution is -0.105. The molecule has 0 N–H and O–H groups in total. The van der Waals surface area contributed by atoms with E-state index in [1.54, 1.807) is 36.4 Å². The van der Waals surface area contributed by atoms with Crippen LogP contribution in [0.3, 0.4) is 0 Å². The van der Waals surface area contributed by atoms with Gasteiger partial charge in [0.1, 0.15) is 17.4 Å². The Balaban J connectivity index is 1.18. The van der Waals surface area contributed by atoms with Crippen molar-refractivity contribution in [3.8, 4) is 16.9 Å². The summed E-state index contributed by atoms with van der Waals surface area (Å²) in [5.74, 6) is 2.61. The average Bonchev–Trinajstić information content (AvgIpc) is 2.91. The molecule has 36 heavy (non-hydrogen) atoms. The van der Waals surface area contributed by atoms with E-state index in [-0.39, 0.29) is 17.8 Å². The number of hydrogen-bond acceptors (Lipinski definition) is 2. The molecule has 0 amide bonds. The number of halogens is 2. The first-order chi connectivity index (χ1) is 17.6. The highest BCUT2D eigenvalue weighted by Gasteiger charge is 2.31. The summed E-state index contributed by atoms with van der Waals surface area (Å²) in [6.07, 6.45) is 15.6. The Kier molecular flexibility index (Phi) is 8.62. The zero-order chi connectivity index (χ0) is 24.9. The Morgan fingerprint density at radius 2 is 1.44 bits per heavy atom. The van der Waals surface area contributed by atoms with Gasteiger partial charge in [-0.15, -0.1) is 0 Å². The van der Waals surface area contributed by atoms with Crippen LogP contribution in [0.15, 0.2) is 36.4 Å². The van der Waals surface area contributed by atoms with Gasteiger partial charge in [-0.05, 0) is 110 Å². The van der Waals surface area contributed by atoms with E-state index in [4.69, 9.17) is 9.47 Å². The van der Waals surface area contributed by atoms with Gasteiger partial charge in [0.15, 0.2) is 6.29 Å². The Labute approximate surface area is 215 Å². The van der Waals surface area contributed by atoms with Crippen LogP contribution in [0.25, 0.3) is 11.1 Å². The fraction of sp³-hybridized carbons (Fsp3) is 0.625. The van der Waals surface area contributed by atoms with Crippen LogP contribution in [-0.2, 0) is 4.74 Å². The second kappa shape index (κ2) is 12.1. The van der Waals surface area contributed by atoms with Gasteiger partial charge in [0, 0.05) is 6.42 Å². The van der Waals surface area contributed by atoms with E-state index in [0.29, 0.717) is 17.9 Å². The van der Waals surface area contributed by atoms with Crippen LogP contribution in [0.4, 0.5) is 8.78 Å². The lowest BCUT2D eigenvalue weighted by Crippen LogP contribution is -2.25. The summed E-state index contributed by atoms with van der Waals surface area (Å²) < 4.78 is 41.9. The average molecular weight is 497 g/mol. The van der Waals surface area contributed by atoms with Crippen LogP contribution in [0.1, 0.15) is 102 Å². The molecule has 2 aliphatic carbocycles. The molecule has 4 heteroatoms. The molecule has 2 aromatic rings. The van der Waals surface area contributed by atoms with Gasteiger partial charge in [-0.25, -0.2) is 8.78 Å². The van der Waals surface area contributed by atoms with Crippen molar-refractivity contribution in [2.24, 2.45) is 17.8 Å². The van der Waals surface area contributed by atoms with Gasteiger partial charge in [-0.2, -0.15) is 0 Å². The molecule has 2 aromatic carbocycles. The minimum Gasteiger partial charge on any atom is -0.465 e. The monoisotopic (exact) mass is 496 g/mol. The van der Waals surface area contributed by atoms with Gasteiger partial charge in [0.2, 0.25) is 0 Å². The maximum Gasteiger partial charge on any atom is 0.199 e. The molecule has 0 radical (unpaired) electrons. The van der Waals surface area contributed by atoms with E-state index in [1.165, 1.54) is 51.4 Å². The first kappa shape index (κ1) is 25.7. The maximum atomic E-state index is 15.2. The van der Waals surface area contributed by atoms with Crippen LogP contribution < -0.4 is 4.74 Å². The van der Waals surface area contributed by atoms with Crippen molar-refractivity contribution in [2.75, 3.05) is 6.61 Å². The summed E-state index contributed by atoms with van der Waals surface area (Å²) >= 11 is 0. The van der Waals surface area contributed by atoms with Crippen LogP contribution in [0.2, 0.25) is 0 Å². The zero-order valence-electron chi connectivity index (χ0n) is 21.8. The molecule has 2 saturated carbocycles. The topological polar surface area (TPSA) is 18.5 Å². The number of rotatable bonds is 7. The van der Waals surface area contributed by atoms with Gasteiger partial charge in [0.05, 0.1) is 12.2 Å². The third-order valence-electron chi connectivity index (χ3n) is 9.11. The highest BCUT2D eigenvalue weighted by molar-refractivity contribution is 5.66. The molecule has 3 fully saturated rings. The Bertz CT molecular complexity index is 943. The van der Waals surface area contributed by atoms with Crippen molar-refractivity contribution >= 4 is 0 Å². The van der Waals surface area contributed by atoms with Crippen LogP contribution in [0, 0.1) is 29.4 Å². The minimum absolute atomic E-state index is 0.0525. The largest absolute Gasteiger partial charge is 0.465 e. The molecule has 0 bridgehead atoms. The number of benzene rings is 2. The predicted molar refractivity (Wildman–Crippen MR) is 141 cm³/mol. The summed E-state index contributed by atoms with van der Waals surface area (Å²) in [6.45, 7) is 3.01. The van der Waals surface area contributed by atoms with E-state index in [9.17, 15) is 0 Å². The van der Waals surface area contributed by atoms with Gasteiger partial charge in [0.25, 0.3) is 0 Å². The van der Waals surface area contributed by atoms with Crippen LogP contribution >= 0.6 is 0 Å². The summed E-state index contributed by atoms with van der Waals surface area (Å²) in [6, 6.07) is 10.2. The maximum absolute atomic E-state index is 15.2. The van der Waals surface area contributed by atoms with Crippen molar-refractivity contribution < 1.29 is 18.3 Å². The van der Waals surface area contributed by atoms with Crippen molar-refractivity contribution in [1.29, 1.82) is 0 Å². The van der Waals surface area contributed by atoms with Crippen molar-refractivity contribution in [1.82, 2.24) is 0 Å². The van der Waals surface area contributed by atoms with E-state index in [2.05, 4.69) is 6.92 Å². The highest BCUT2D eigenvalue weighted by Crippen LogP contribution is 2.45. The quantitative estimate of drug-likeness (QED) is 0.380. The van der Waals surface area contributed by atoms with Crippen molar-refractivity contribution in [2.45, 2.75) is 103 Å². The zero-order valence-corrected chi connectivity index (χ0v) is 21.8. The minimum atomic E-state index is -0.467. The molecule has 1 saturated heterocycles. The second-order valence-electron chi connectivity index (χ2n) is 11.5. The fourth-order valence-electron chi connectivity index (χ4n) is 7.04. The lowest BCUT2D eigenvalue weighted by Gasteiger charge is -2.38. The fourth-order valence-corrected chi connectivity index (χ4v) is 7.04. The van der Waals surface area contributed by atoms with Crippen LogP contribution in [0.5, 0.6) is 5.75 Å². The summed E-state index contributed by atoms with van der Waals surface area (Å²) in [5, 5.41) is 0. The summed E-state index contributed by atoms with van der Waals surface area (Å²) in [5.41, 5.74) is 1.42. The molecule has 3 aliphatic rings. The van der Waals surface area contributed by atoms with E-state index >= 15 is 8.78 Å². The smallest absolute Gasteiger partial charge is 0.199 e. The van der Waals surface area contributed by atoms with Gasteiger partial charge < -0.3 is 9.47 Å². The Morgan fingerprint density at radius 3 is 2.03 bits per heavy atom. The molecule has 0 spiro atoms. The standard InChI is InChI=1S/C32H42F2O2/c1-2-5-22-7-9-23(10-8-22)24-11-13-25(14-12-24)27-20-29(33)32(30(34)21-27)26-15-17-28(18-16-26)36-31-6-3-4-19-35-31/h15-18,20-25,31H,2-14,19H2,1H3. The molecule has 2 nitrogen and oxygen atoms in total. The lowest BCUT2D eigenvalue weighted by atomic mass is 9.68. The molecule has 1 unspecified atom stereocenters.